The normalized spacial score (nSPS) is 5.00. The van der Waals surface area contributed by atoms with Gasteiger partial charge in [0.15, 0.2) is 0 Å². The van der Waals surface area contributed by atoms with Gasteiger partial charge in [-0.3, -0.25) is 0 Å². The Balaban J connectivity index is -0.0000000450. The summed E-state index contributed by atoms with van der Waals surface area (Å²) in [6.45, 7) is 5.72. The number of hydrogen-bond donors (Lipinski definition) is 0. The Kier molecular flexibility index (Phi) is 42.3. The standard InChI is InChI=1S/C4H9.CH3.Nd/c1-3-4-2;;/h1,3-4H2,2H3;1H3;/q2*-1;. The SMILES string of the molecule is [CH2-]CCC.[CH3-].[Nd]. The largest absolute Gasteiger partial charge is 0.358 e. The minimum atomic E-state index is 0. The van der Waals surface area contributed by atoms with E-state index in [2.05, 4.69) is 13.8 Å². The van der Waals surface area contributed by atoms with Crippen LogP contribution in [0.25, 0.3) is 0 Å². The second-order valence-corrected chi connectivity index (χ2v) is 0.854. The molecule has 0 aromatic carbocycles. The predicted octanol–water partition coefficient (Wildman–Crippen LogP) is 2.07. The molecule has 0 atom stereocenters. The fourth-order valence-corrected chi connectivity index (χ4v) is 0. The van der Waals surface area contributed by atoms with Gasteiger partial charge in [0, 0.05) is 40.8 Å². The Morgan fingerprint density at radius 2 is 1.67 bits per heavy atom. The van der Waals surface area contributed by atoms with Gasteiger partial charge in [-0.25, -0.2) is 0 Å². The van der Waals surface area contributed by atoms with Gasteiger partial charge >= 0.3 is 0 Å². The van der Waals surface area contributed by atoms with E-state index in [9.17, 15) is 0 Å². The molecule has 0 aliphatic heterocycles. The predicted molar refractivity (Wildman–Crippen MR) is 26.7 cm³/mol. The summed E-state index contributed by atoms with van der Waals surface area (Å²) in [5, 5.41) is 0. The summed E-state index contributed by atoms with van der Waals surface area (Å²) in [6, 6.07) is 0. The van der Waals surface area contributed by atoms with Crippen LogP contribution < -0.4 is 0 Å². The van der Waals surface area contributed by atoms with Crippen LogP contribution in [0.2, 0.25) is 0 Å². The van der Waals surface area contributed by atoms with Crippen molar-refractivity contribution < 1.29 is 40.8 Å². The van der Waals surface area contributed by atoms with Gasteiger partial charge < -0.3 is 14.4 Å². The molecule has 0 aliphatic rings. The van der Waals surface area contributed by atoms with Crippen molar-refractivity contribution in [2.45, 2.75) is 19.8 Å². The molecule has 0 aromatic rings. The Hall–Kier alpha value is 1.35. The van der Waals surface area contributed by atoms with E-state index in [0.717, 1.165) is 6.42 Å². The summed E-state index contributed by atoms with van der Waals surface area (Å²) in [4.78, 5) is 0. The maximum Gasteiger partial charge on any atom is 0 e. The van der Waals surface area contributed by atoms with E-state index in [1.807, 2.05) is 0 Å². The number of hydrogen-bond acceptors (Lipinski definition) is 0. The molecule has 0 fully saturated rings. The minimum Gasteiger partial charge on any atom is -0.358 e. The van der Waals surface area contributed by atoms with Gasteiger partial charge in [0.05, 0.1) is 0 Å². The van der Waals surface area contributed by atoms with E-state index in [0.29, 0.717) is 0 Å². The van der Waals surface area contributed by atoms with Crippen LogP contribution >= 0.6 is 0 Å². The Morgan fingerprint density at radius 1 is 1.50 bits per heavy atom. The van der Waals surface area contributed by atoms with Gasteiger partial charge in [0.25, 0.3) is 0 Å². The molecule has 0 saturated carbocycles. The van der Waals surface area contributed by atoms with Crippen LogP contribution in [0.3, 0.4) is 0 Å². The molecule has 0 spiro atoms. The van der Waals surface area contributed by atoms with Crippen molar-refractivity contribution in [2.24, 2.45) is 0 Å². The van der Waals surface area contributed by atoms with E-state index in [4.69, 9.17) is 0 Å². The maximum absolute atomic E-state index is 3.60. The molecule has 0 rings (SSSR count). The molecule has 0 unspecified atom stereocenters. The molecule has 0 radical (unpaired) electrons. The van der Waals surface area contributed by atoms with E-state index in [1.54, 1.807) is 0 Å². The first kappa shape index (κ1) is 15.7. The average Bonchev–Trinajstić information content (AvgIpc) is 1.37. The van der Waals surface area contributed by atoms with Gasteiger partial charge in [0.1, 0.15) is 0 Å². The topological polar surface area (TPSA) is 0 Å². The molecule has 0 amide bonds. The van der Waals surface area contributed by atoms with Crippen molar-refractivity contribution in [1.82, 2.24) is 0 Å². The maximum atomic E-state index is 3.60. The minimum absolute atomic E-state index is 0. The average molecular weight is 216 g/mol. The molecule has 0 nitrogen and oxygen atoms in total. The zero-order valence-corrected chi connectivity index (χ0v) is 7.83. The van der Waals surface area contributed by atoms with Gasteiger partial charge in [-0.05, 0) is 0 Å². The third kappa shape index (κ3) is 18.3. The fourth-order valence-electron chi connectivity index (χ4n) is 0. The second-order valence-electron chi connectivity index (χ2n) is 0.854. The summed E-state index contributed by atoms with van der Waals surface area (Å²) >= 11 is 0. The third-order valence-corrected chi connectivity index (χ3v) is 0.354. The van der Waals surface area contributed by atoms with Crippen molar-refractivity contribution >= 4 is 0 Å². The molecule has 0 N–H and O–H groups in total. The fraction of sp³-hybridized carbons (Fsp3) is 0.600. The van der Waals surface area contributed by atoms with Crippen molar-refractivity contribution in [2.75, 3.05) is 0 Å². The van der Waals surface area contributed by atoms with Crippen LogP contribution in [-0.4, -0.2) is 0 Å². The van der Waals surface area contributed by atoms with Gasteiger partial charge in [-0.15, -0.1) is 0 Å². The van der Waals surface area contributed by atoms with Gasteiger partial charge in [-0.1, -0.05) is 13.3 Å². The molecule has 6 heavy (non-hydrogen) atoms. The first-order chi connectivity index (χ1) is 1.91. The second kappa shape index (κ2) is 16.2. The Labute approximate surface area is 74.2 Å². The molecular formula is C5H12Nd-2. The molecule has 0 saturated heterocycles. The van der Waals surface area contributed by atoms with Crippen LogP contribution in [0.1, 0.15) is 19.8 Å². The molecule has 1 heteroatoms. The molecule has 0 aliphatic carbocycles. The van der Waals surface area contributed by atoms with Crippen LogP contribution in [0.15, 0.2) is 0 Å². The van der Waals surface area contributed by atoms with Crippen LogP contribution in [0.5, 0.6) is 0 Å². The van der Waals surface area contributed by atoms with Crippen molar-refractivity contribution in [3.63, 3.8) is 0 Å². The molecule has 38 valence electrons. The molecule has 0 heterocycles. The Morgan fingerprint density at radius 3 is 1.67 bits per heavy atom. The van der Waals surface area contributed by atoms with Crippen LogP contribution in [-0.2, 0) is 0 Å². The number of rotatable bonds is 1. The van der Waals surface area contributed by atoms with Crippen molar-refractivity contribution in [3.8, 4) is 0 Å². The molecular weight excluding hydrogens is 204 g/mol. The van der Waals surface area contributed by atoms with Crippen molar-refractivity contribution in [3.05, 3.63) is 14.4 Å². The van der Waals surface area contributed by atoms with Gasteiger partial charge in [0.2, 0.25) is 0 Å². The van der Waals surface area contributed by atoms with Gasteiger partial charge in [-0.2, -0.15) is 6.42 Å². The van der Waals surface area contributed by atoms with Crippen LogP contribution in [0.4, 0.5) is 0 Å². The van der Waals surface area contributed by atoms with E-state index in [1.165, 1.54) is 6.42 Å². The monoisotopic (exact) mass is 214 g/mol. The first-order valence-corrected chi connectivity index (χ1v) is 1.71. The summed E-state index contributed by atoms with van der Waals surface area (Å²) in [7, 11) is 0. The van der Waals surface area contributed by atoms with E-state index >= 15 is 0 Å². The number of unbranched alkanes of at least 4 members (excludes halogenated alkanes) is 1. The van der Waals surface area contributed by atoms with E-state index < -0.39 is 0 Å². The quantitative estimate of drug-likeness (QED) is 0.589. The zero-order valence-electron chi connectivity index (χ0n) is 4.62. The van der Waals surface area contributed by atoms with E-state index in [-0.39, 0.29) is 48.3 Å². The van der Waals surface area contributed by atoms with Crippen molar-refractivity contribution in [1.29, 1.82) is 0 Å². The summed E-state index contributed by atoms with van der Waals surface area (Å²) < 4.78 is 0. The zero-order chi connectivity index (χ0) is 3.41. The molecule has 0 aromatic heterocycles. The molecule has 0 bridgehead atoms. The Bertz CT molecular complexity index is 5.90. The first-order valence-electron chi connectivity index (χ1n) is 1.71. The summed E-state index contributed by atoms with van der Waals surface area (Å²) in [6.07, 6.45) is 2.28. The summed E-state index contributed by atoms with van der Waals surface area (Å²) in [5.41, 5.74) is 0. The smallest absolute Gasteiger partial charge is 0 e. The third-order valence-electron chi connectivity index (χ3n) is 0.354. The van der Waals surface area contributed by atoms with Crippen LogP contribution in [0, 0.1) is 55.2 Å². The summed E-state index contributed by atoms with van der Waals surface area (Å²) in [5.74, 6) is 0.